The second-order valence-electron chi connectivity index (χ2n) is 8.48. The summed E-state index contributed by atoms with van der Waals surface area (Å²) in [6, 6.07) is 43.9. The molecule has 166 valence electrons. The van der Waals surface area contributed by atoms with Gasteiger partial charge in [-0.25, -0.2) is 0 Å². The number of fused-ring (bicyclic) bond motifs is 3. The summed E-state index contributed by atoms with van der Waals surface area (Å²) < 4.78 is 0. The quantitative estimate of drug-likeness (QED) is 0.276. The first-order valence-electron chi connectivity index (χ1n) is 11.6. The molecule has 0 atom stereocenters. The molecular weight excluding hydrogens is 430 g/mol. The average molecular weight is 452 g/mol. The van der Waals surface area contributed by atoms with Crippen molar-refractivity contribution in [2.75, 3.05) is 9.80 Å². The summed E-state index contributed by atoms with van der Waals surface area (Å²) >= 11 is 0. The van der Waals surface area contributed by atoms with E-state index in [1.54, 1.807) is 4.80 Å². The Kier molecular flexibility index (Phi) is 4.39. The Morgan fingerprint density at radius 2 is 0.714 bits per heavy atom. The van der Waals surface area contributed by atoms with Gasteiger partial charge >= 0.3 is 0 Å². The Labute approximate surface area is 203 Å². The maximum Gasteiger partial charge on any atom is 0.113 e. The van der Waals surface area contributed by atoms with Crippen molar-refractivity contribution < 1.29 is 0 Å². The van der Waals surface area contributed by atoms with Crippen molar-refractivity contribution in [3.05, 3.63) is 127 Å². The van der Waals surface area contributed by atoms with Gasteiger partial charge < -0.3 is 9.80 Å². The molecule has 5 nitrogen and oxygen atoms in total. The standard InChI is InChI=1S/C30H21N5/c1-2-10-22(11-3-1)33-27-14-6-8-16-29(27)34(30-17-9-7-15-28(30)33)23-18-20-24(21-19-23)35-31-25-12-4-5-13-26(25)32-35/h1-21H. The highest BCUT2D eigenvalue weighted by molar-refractivity contribution is 6.01. The minimum atomic E-state index is 0.886. The summed E-state index contributed by atoms with van der Waals surface area (Å²) in [5, 5.41) is 9.25. The zero-order valence-electron chi connectivity index (χ0n) is 18.9. The van der Waals surface area contributed by atoms with E-state index in [0.29, 0.717) is 0 Å². The SMILES string of the molecule is c1ccc(N2c3ccccc3N(c3ccc(-n4nc5ccccc5n4)cc3)c3ccccc32)cc1. The van der Waals surface area contributed by atoms with Crippen LogP contribution in [0.4, 0.5) is 34.1 Å². The van der Waals surface area contributed by atoms with Crippen LogP contribution in [-0.4, -0.2) is 15.0 Å². The van der Waals surface area contributed by atoms with Gasteiger partial charge in [0.15, 0.2) is 0 Å². The summed E-state index contributed by atoms with van der Waals surface area (Å²) in [7, 11) is 0. The molecule has 7 rings (SSSR count). The third kappa shape index (κ3) is 3.17. The van der Waals surface area contributed by atoms with Crippen LogP contribution >= 0.6 is 0 Å². The van der Waals surface area contributed by atoms with Gasteiger partial charge in [0.05, 0.1) is 28.4 Å². The summed E-state index contributed by atoms with van der Waals surface area (Å²) in [5.74, 6) is 0. The molecule has 0 bridgehead atoms. The summed E-state index contributed by atoms with van der Waals surface area (Å²) in [6.45, 7) is 0. The Morgan fingerprint density at radius 1 is 0.343 bits per heavy atom. The Morgan fingerprint density at radius 3 is 1.20 bits per heavy atom. The average Bonchev–Trinajstić information content (AvgIpc) is 3.37. The lowest BCUT2D eigenvalue weighted by atomic mass is 10.0. The lowest BCUT2D eigenvalue weighted by Gasteiger charge is -2.40. The van der Waals surface area contributed by atoms with Gasteiger partial charge in [0.2, 0.25) is 0 Å². The van der Waals surface area contributed by atoms with E-state index in [0.717, 1.165) is 50.8 Å². The summed E-state index contributed by atoms with van der Waals surface area (Å²) in [4.78, 5) is 6.35. The van der Waals surface area contributed by atoms with Crippen molar-refractivity contribution >= 4 is 45.2 Å². The second-order valence-corrected chi connectivity index (χ2v) is 8.48. The molecule has 0 N–H and O–H groups in total. The second kappa shape index (κ2) is 7.85. The minimum absolute atomic E-state index is 0.886. The molecule has 0 spiro atoms. The molecule has 5 aromatic carbocycles. The van der Waals surface area contributed by atoms with Crippen LogP contribution in [0.3, 0.4) is 0 Å². The van der Waals surface area contributed by atoms with E-state index in [1.165, 1.54) is 0 Å². The van der Waals surface area contributed by atoms with Crippen LogP contribution in [0, 0.1) is 0 Å². The van der Waals surface area contributed by atoms with Crippen LogP contribution in [-0.2, 0) is 0 Å². The molecule has 1 aliphatic rings. The maximum atomic E-state index is 4.63. The molecule has 0 saturated heterocycles. The van der Waals surface area contributed by atoms with Crippen LogP contribution in [0.1, 0.15) is 0 Å². The number of para-hydroxylation sites is 5. The molecule has 5 heteroatoms. The zero-order valence-corrected chi connectivity index (χ0v) is 18.9. The first kappa shape index (κ1) is 19.6. The predicted molar refractivity (Wildman–Crippen MR) is 142 cm³/mol. The van der Waals surface area contributed by atoms with Crippen LogP contribution in [0.5, 0.6) is 0 Å². The van der Waals surface area contributed by atoms with E-state index in [4.69, 9.17) is 0 Å². The molecule has 0 amide bonds. The smallest absolute Gasteiger partial charge is 0.113 e. The van der Waals surface area contributed by atoms with Crippen LogP contribution in [0.2, 0.25) is 0 Å². The first-order chi connectivity index (χ1) is 17.4. The lowest BCUT2D eigenvalue weighted by Crippen LogP contribution is -2.23. The number of hydrogen-bond acceptors (Lipinski definition) is 4. The van der Waals surface area contributed by atoms with Crippen LogP contribution in [0.15, 0.2) is 127 Å². The summed E-state index contributed by atoms with van der Waals surface area (Å²) in [5.41, 5.74) is 9.46. The third-order valence-corrected chi connectivity index (χ3v) is 6.37. The molecule has 0 saturated carbocycles. The molecule has 0 radical (unpaired) electrons. The maximum absolute atomic E-state index is 4.63. The molecule has 0 fully saturated rings. The lowest BCUT2D eigenvalue weighted by molar-refractivity contribution is 0.766. The van der Waals surface area contributed by atoms with Crippen molar-refractivity contribution in [2.24, 2.45) is 0 Å². The Balaban J connectivity index is 1.35. The molecule has 35 heavy (non-hydrogen) atoms. The van der Waals surface area contributed by atoms with E-state index in [1.807, 2.05) is 24.3 Å². The fourth-order valence-corrected chi connectivity index (χ4v) is 4.79. The Bertz CT molecular complexity index is 1570. The van der Waals surface area contributed by atoms with E-state index in [-0.39, 0.29) is 0 Å². The van der Waals surface area contributed by atoms with Gasteiger partial charge in [-0.1, -0.05) is 54.6 Å². The van der Waals surface area contributed by atoms with Gasteiger partial charge in [-0.3, -0.25) is 0 Å². The highest BCUT2D eigenvalue weighted by Gasteiger charge is 2.29. The fraction of sp³-hybridized carbons (Fsp3) is 0. The van der Waals surface area contributed by atoms with Crippen molar-refractivity contribution in [2.45, 2.75) is 0 Å². The molecule has 0 aliphatic carbocycles. The fourth-order valence-electron chi connectivity index (χ4n) is 4.79. The molecule has 2 heterocycles. The molecule has 0 unspecified atom stereocenters. The third-order valence-electron chi connectivity index (χ3n) is 6.37. The normalized spacial score (nSPS) is 12.5. The number of benzene rings is 5. The van der Waals surface area contributed by atoms with E-state index in [2.05, 4.69) is 123 Å². The Hall–Kier alpha value is -4.90. The molecule has 1 aliphatic heterocycles. The van der Waals surface area contributed by atoms with E-state index in [9.17, 15) is 0 Å². The summed E-state index contributed by atoms with van der Waals surface area (Å²) in [6.07, 6.45) is 0. The van der Waals surface area contributed by atoms with E-state index >= 15 is 0 Å². The van der Waals surface area contributed by atoms with Crippen molar-refractivity contribution in [1.29, 1.82) is 0 Å². The van der Waals surface area contributed by atoms with Crippen LogP contribution < -0.4 is 9.80 Å². The van der Waals surface area contributed by atoms with Gasteiger partial charge in [-0.15, -0.1) is 10.2 Å². The minimum Gasteiger partial charge on any atom is -0.306 e. The van der Waals surface area contributed by atoms with Gasteiger partial charge in [-0.2, -0.15) is 4.80 Å². The van der Waals surface area contributed by atoms with E-state index < -0.39 is 0 Å². The van der Waals surface area contributed by atoms with Crippen molar-refractivity contribution in [3.8, 4) is 5.69 Å². The molecule has 6 aromatic rings. The van der Waals surface area contributed by atoms with Crippen molar-refractivity contribution in [1.82, 2.24) is 15.0 Å². The molecular formula is C30H21N5. The number of aromatic nitrogens is 3. The number of anilines is 6. The number of rotatable bonds is 3. The van der Waals surface area contributed by atoms with Crippen LogP contribution in [0.25, 0.3) is 16.7 Å². The van der Waals surface area contributed by atoms with Gasteiger partial charge in [0.1, 0.15) is 11.0 Å². The highest BCUT2D eigenvalue weighted by atomic mass is 15.5. The number of nitrogens with zero attached hydrogens (tertiary/aromatic N) is 5. The van der Waals surface area contributed by atoms with Crippen molar-refractivity contribution in [3.63, 3.8) is 0 Å². The van der Waals surface area contributed by atoms with Gasteiger partial charge in [0, 0.05) is 11.4 Å². The largest absolute Gasteiger partial charge is 0.306 e. The zero-order chi connectivity index (χ0) is 23.2. The number of hydrogen-bond donors (Lipinski definition) is 0. The monoisotopic (exact) mass is 451 g/mol. The highest BCUT2D eigenvalue weighted by Crippen LogP contribution is 2.53. The molecule has 1 aromatic heterocycles. The predicted octanol–water partition coefficient (Wildman–Crippen LogP) is 7.67. The van der Waals surface area contributed by atoms with Gasteiger partial charge in [0.25, 0.3) is 0 Å². The topological polar surface area (TPSA) is 37.2 Å². The van der Waals surface area contributed by atoms with Gasteiger partial charge in [-0.05, 0) is 72.8 Å². The first-order valence-corrected chi connectivity index (χ1v) is 11.6.